The van der Waals surface area contributed by atoms with Crippen LogP contribution in [0.3, 0.4) is 0 Å². The van der Waals surface area contributed by atoms with E-state index in [0.717, 1.165) is 13.1 Å². The minimum absolute atomic E-state index is 0.540. The molecule has 1 N–H and O–H groups in total. The number of nitrogens with zero attached hydrogens (tertiary/aromatic N) is 1. The van der Waals surface area contributed by atoms with Gasteiger partial charge in [-0.25, -0.2) is 0 Å². The van der Waals surface area contributed by atoms with E-state index in [-0.39, 0.29) is 0 Å². The van der Waals surface area contributed by atoms with Crippen molar-refractivity contribution in [2.45, 2.75) is 59.8 Å². The van der Waals surface area contributed by atoms with Crippen molar-refractivity contribution in [3.05, 3.63) is 35.4 Å². The van der Waals surface area contributed by atoms with Crippen LogP contribution in [0.2, 0.25) is 0 Å². The van der Waals surface area contributed by atoms with Crippen LogP contribution in [0.25, 0.3) is 0 Å². The summed E-state index contributed by atoms with van der Waals surface area (Å²) in [6.45, 7) is 13.2. The van der Waals surface area contributed by atoms with E-state index >= 15 is 0 Å². The predicted molar refractivity (Wildman–Crippen MR) is 84.2 cm³/mol. The van der Waals surface area contributed by atoms with E-state index in [1.165, 1.54) is 11.1 Å². The average Bonchev–Trinajstić information content (AvgIpc) is 2.36. The van der Waals surface area contributed by atoms with E-state index in [2.05, 4.69) is 76.1 Å². The van der Waals surface area contributed by atoms with Crippen LogP contribution in [0.1, 0.15) is 45.7 Å². The SMILES string of the molecule is CC(C)NCc1ccc(CN(C)C(C)C(C)C)cc1. The summed E-state index contributed by atoms with van der Waals surface area (Å²) >= 11 is 0. The largest absolute Gasteiger partial charge is 0.310 e. The van der Waals surface area contributed by atoms with E-state index in [9.17, 15) is 0 Å². The maximum atomic E-state index is 3.44. The van der Waals surface area contributed by atoms with E-state index in [4.69, 9.17) is 0 Å². The second kappa shape index (κ2) is 7.66. The summed E-state index contributed by atoms with van der Waals surface area (Å²) in [6, 6.07) is 10.1. The summed E-state index contributed by atoms with van der Waals surface area (Å²) in [6.07, 6.45) is 0. The minimum Gasteiger partial charge on any atom is -0.310 e. The molecule has 0 aliphatic heterocycles. The fraction of sp³-hybridized carbons (Fsp3) is 0.647. The van der Waals surface area contributed by atoms with Crippen LogP contribution in [-0.2, 0) is 13.1 Å². The molecule has 1 atom stereocenters. The molecule has 0 heterocycles. The van der Waals surface area contributed by atoms with Gasteiger partial charge in [0.1, 0.15) is 0 Å². The summed E-state index contributed by atoms with van der Waals surface area (Å²) in [5.41, 5.74) is 2.75. The van der Waals surface area contributed by atoms with Crippen LogP contribution in [0, 0.1) is 5.92 Å². The number of nitrogens with one attached hydrogen (secondary N) is 1. The number of hydrogen-bond acceptors (Lipinski definition) is 2. The van der Waals surface area contributed by atoms with E-state index in [0.29, 0.717) is 18.0 Å². The van der Waals surface area contributed by atoms with Crippen LogP contribution >= 0.6 is 0 Å². The maximum Gasteiger partial charge on any atom is 0.0233 e. The molecule has 2 heteroatoms. The lowest BCUT2D eigenvalue weighted by Crippen LogP contribution is -2.32. The van der Waals surface area contributed by atoms with Crippen molar-refractivity contribution in [2.24, 2.45) is 5.92 Å². The number of hydrogen-bond donors (Lipinski definition) is 1. The fourth-order valence-electron chi connectivity index (χ4n) is 2.03. The van der Waals surface area contributed by atoms with Crippen molar-refractivity contribution >= 4 is 0 Å². The zero-order valence-corrected chi connectivity index (χ0v) is 13.4. The van der Waals surface area contributed by atoms with Crippen LogP contribution in [0.4, 0.5) is 0 Å². The van der Waals surface area contributed by atoms with Crippen molar-refractivity contribution in [3.8, 4) is 0 Å². The van der Waals surface area contributed by atoms with Crippen LogP contribution < -0.4 is 5.32 Å². The molecule has 108 valence electrons. The molecule has 1 rings (SSSR count). The summed E-state index contributed by atoms with van der Waals surface area (Å²) in [5.74, 6) is 0.694. The van der Waals surface area contributed by atoms with Gasteiger partial charge < -0.3 is 5.32 Å². The number of benzene rings is 1. The van der Waals surface area contributed by atoms with Gasteiger partial charge in [0.2, 0.25) is 0 Å². The molecule has 2 nitrogen and oxygen atoms in total. The van der Waals surface area contributed by atoms with Gasteiger partial charge in [0.25, 0.3) is 0 Å². The van der Waals surface area contributed by atoms with E-state index in [1.807, 2.05) is 0 Å². The lowest BCUT2D eigenvalue weighted by molar-refractivity contribution is 0.200. The first-order valence-electron chi connectivity index (χ1n) is 7.41. The van der Waals surface area contributed by atoms with Gasteiger partial charge in [-0.15, -0.1) is 0 Å². The predicted octanol–water partition coefficient (Wildman–Crippen LogP) is 3.66. The van der Waals surface area contributed by atoms with Gasteiger partial charge >= 0.3 is 0 Å². The van der Waals surface area contributed by atoms with E-state index < -0.39 is 0 Å². The second-order valence-electron chi connectivity index (χ2n) is 6.25. The van der Waals surface area contributed by atoms with Gasteiger partial charge in [0.05, 0.1) is 0 Å². The van der Waals surface area contributed by atoms with Crippen LogP contribution in [-0.4, -0.2) is 24.0 Å². The quantitative estimate of drug-likeness (QED) is 0.806. The highest BCUT2D eigenvalue weighted by Gasteiger charge is 2.12. The van der Waals surface area contributed by atoms with E-state index in [1.54, 1.807) is 0 Å². The molecule has 0 bridgehead atoms. The third-order valence-electron chi connectivity index (χ3n) is 3.83. The highest BCUT2D eigenvalue weighted by Crippen LogP contribution is 2.13. The zero-order chi connectivity index (χ0) is 14.4. The highest BCUT2D eigenvalue weighted by atomic mass is 15.1. The molecule has 0 spiro atoms. The Morgan fingerprint density at radius 3 is 1.95 bits per heavy atom. The minimum atomic E-state index is 0.540. The van der Waals surface area contributed by atoms with Crippen molar-refractivity contribution in [1.82, 2.24) is 10.2 Å². The highest BCUT2D eigenvalue weighted by molar-refractivity contribution is 5.22. The Kier molecular flexibility index (Phi) is 6.53. The average molecular weight is 262 g/mol. The van der Waals surface area contributed by atoms with Gasteiger partial charge in [-0.1, -0.05) is 52.0 Å². The molecule has 1 unspecified atom stereocenters. The Morgan fingerprint density at radius 2 is 1.47 bits per heavy atom. The Balaban J connectivity index is 2.52. The third kappa shape index (κ3) is 5.75. The lowest BCUT2D eigenvalue weighted by Gasteiger charge is -2.27. The monoisotopic (exact) mass is 262 g/mol. The molecule has 0 radical (unpaired) electrons. The smallest absolute Gasteiger partial charge is 0.0233 e. The summed E-state index contributed by atoms with van der Waals surface area (Å²) in [5, 5.41) is 3.44. The molecule has 1 aromatic carbocycles. The van der Waals surface area contributed by atoms with Crippen molar-refractivity contribution < 1.29 is 0 Å². The normalized spacial score (nSPS) is 13.5. The first-order chi connectivity index (χ1) is 8.90. The second-order valence-corrected chi connectivity index (χ2v) is 6.25. The lowest BCUT2D eigenvalue weighted by atomic mass is 10.0. The van der Waals surface area contributed by atoms with Crippen molar-refractivity contribution in [3.63, 3.8) is 0 Å². The molecule has 19 heavy (non-hydrogen) atoms. The standard InChI is InChI=1S/C17H30N2/c1-13(2)15(5)19(6)12-17-9-7-16(8-10-17)11-18-14(3)4/h7-10,13-15,18H,11-12H2,1-6H3. The Bertz CT molecular complexity index is 354. The Hall–Kier alpha value is -0.860. The molecule has 0 aliphatic carbocycles. The molecular weight excluding hydrogens is 232 g/mol. The molecule has 0 saturated heterocycles. The molecule has 0 aliphatic rings. The van der Waals surface area contributed by atoms with Crippen LogP contribution in [0.5, 0.6) is 0 Å². The van der Waals surface area contributed by atoms with Gasteiger partial charge in [-0.2, -0.15) is 0 Å². The fourth-order valence-corrected chi connectivity index (χ4v) is 2.03. The first kappa shape index (κ1) is 16.2. The Morgan fingerprint density at radius 1 is 0.947 bits per heavy atom. The topological polar surface area (TPSA) is 15.3 Å². The summed E-state index contributed by atoms with van der Waals surface area (Å²) in [7, 11) is 2.21. The first-order valence-corrected chi connectivity index (χ1v) is 7.41. The summed E-state index contributed by atoms with van der Waals surface area (Å²) in [4.78, 5) is 2.42. The van der Waals surface area contributed by atoms with Crippen molar-refractivity contribution in [1.29, 1.82) is 0 Å². The molecule has 0 fully saturated rings. The Labute approximate surface area is 119 Å². The number of rotatable bonds is 7. The molecule has 0 amide bonds. The van der Waals surface area contributed by atoms with Gasteiger partial charge in [0, 0.05) is 25.2 Å². The molecule has 0 aromatic heterocycles. The van der Waals surface area contributed by atoms with Crippen molar-refractivity contribution in [2.75, 3.05) is 7.05 Å². The van der Waals surface area contributed by atoms with Gasteiger partial charge in [0.15, 0.2) is 0 Å². The zero-order valence-electron chi connectivity index (χ0n) is 13.4. The molecule has 0 saturated carbocycles. The molecule has 1 aromatic rings. The maximum absolute atomic E-state index is 3.44. The van der Waals surface area contributed by atoms with Crippen LogP contribution in [0.15, 0.2) is 24.3 Å². The van der Waals surface area contributed by atoms with Gasteiger partial charge in [-0.3, -0.25) is 4.90 Å². The summed E-state index contributed by atoms with van der Waals surface area (Å²) < 4.78 is 0. The molecular formula is C17H30N2. The third-order valence-corrected chi connectivity index (χ3v) is 3.83. The van der Waals surface area contributed by atoms with Gasteiger partial charge in [-0.05, 0) is 31.0 Å².